The van der Waals surface area contributed by atoms with E-state index in [0.717, 1.165) is 62.5 Å². The van der Waals surface area contributed by atoms with Crippen LogP contribution < -0.4 is 9.80 Å². The monoisotopic (exact) mass is 468 g/mol. The van der Waals surface area contributed by atoms with E-state index in [4.69, 9.17) is 16.0 Å². The number of hydrogen-bond donors (Lipinski definition) is 0. The quantitative estimate of drug-likeness (QED) is 0.563. The molecule has 1 saturated heterocycles. The highest BCUT2D eigenvalue weighted by molar-refractivity contribution is 7.13. The van der Waals surface area contributed by atoms with Crippen molar-refractivity contribution in [2.75, 3.05) is 42.5 Å². The first-order valence-corrected chi connectivity index (χ1v) is 12.1. The van der Waals surface area contributed by atoms with Crippen LogP contribution in [0.15, 0.2) is 36.4 Å². The van der Waals surface area contributed by atoms with Gasteiger partial charge in [-0.2, -0.15) is 4.37 Å². The van der Waals surface area contributed by atoms with E-state index >= 15 is 0 Å². The summed E-state index contributed by atoms with van der Waals surface area (Å²) in [6.07, 6.45) is 2.13. The van der Waals surface area contributed by atoms with E-state index in [-0.39, 0.29) is 18.2 Å². The number of amides is 2. The van der Waals surface area contributed by atoms with E-state index in [1.54, 1.807) is 17.6 Å². The van der Waals surface area contributed by atoms with Crippen LogP contribution >= 0.6 is 23.1 Å². The Hall–Kier alpha value is -2.48. The van der Waals surface area contributed by atoms with Gasteiger partial charge in [0.05, 0.1) is 16.8 Å². The van der Waals surface area contributed by atoms with Crippen LogP contribution in [0, 0.1) is 0 Å². The van der Waals surface area contributed by atoms with Crippen molar-refractivity contribution in [3.05, 3.63) is 52.5 Å². The SMILES string of the molecule is CC(=O)N1C(=O)Cc2cc(CCCN3CCN(c4nsc5ccccc45)CC3)c(Cl)cc21. The molecule has 0 aliphatic carbocycles. The van der Waals surface area contributed by atoms with Gasteiger partial charge in [0.25, 0.3) is 0 Å². The highest BCUT2D eigenvalue weighted by Crippen LogP contribution is 2.35. The van der Waals surface area contributed by atoms with Crippen LogP contribution in [0.5, 0.6) is 0 Å². The summed E-state index contributed by atoms with van der Waals surface area (Å²) in [7, 11) is 0. The second-order valence-corrected chi connectivity index (χ2v) is 9.64. The van der Waals surface area contributed by atoms with Crippen molar-refractivity contribution in [1.29, 1.82) is 0 Å². The molecule has 5 rings (SSSR count). The smallest absolute Gasteiger partial charge is 0.238 e. The minimum atomic E-state index is -0.262. The predicted octanol–water partition coefficient (Wildman–Crippen LogP) is 4.14. The fourth-order valence-corrected chi connectivity index (χ4v) is 5.75. The van der Waals surface area contributed by atoms with Gasteiger partial charge in [-0.25, -0.2) is 0 Å². The number of carbonyl (C=O) groups is 2. The van der Waals surface area contributed by atoms with Crippen LogP contribution in [0.3, 0.4) is 0 Å². The van der Waals surface area contributed by atoms with Gasteiger partial charge in [-0.15, -0.1) is 0 Å². The van der Waals surface area contributed by atoms with Gasteiger partial charge < -0.3 is 4.90 Å². The number of fused-ring (bicyclic) bond motifs is 2. The summed E-state index contributed by atoms with van der Waals surface area (Å²) in [5.41, 5.74) is 2.59. The van der Waals surface area contributed by atoms with Crippen molar-refractivity contribution >= 4 is 56.5 Å². The summed E-state index contributed by atoms with van der Waals surface area (Å²) in [5.74, 6) is 0.679. The fourth-order valence-electron chi connectivity index (χ4n) is 4.70. The molecule has 0 N–H and O–H groups in total. The fraction of sp³-hybridized carbons (Fsp3) is 0.375. The van der Waals surface area contributed by atoms with Crippen LogP contribution in [0.2, 0.25) is 5.02 Å². The van der Waals surface area contributed by atoms with Crippen molar-refractivity contribution in [2.45, 2.75) is 26.2 Å². The molecule has 8 heteroatoms. The number of halogens is 1. The number of aromatic nitrogens is 1. The first kappa shape index (κ1) is 21.4. The van der Waals surface area contributed by atoms with Crippen molar-refractivity contribution < 1.29 is 9.59 Å². The lowest BCUT2D eigenvalue weighted by Crippen LogP contribution is -2.46. The molecular formula is C24H25ClN4O2S. The maximum atomic E-state index is 12.1. The molecule has 0 bridgehead atoms. The number of piperazine rings is 1. The summed E-state index contributed by atoms with van der Waals surface area (Å²) in [4.78, 5) is 30.0. The third-order valence-electron chi connectivity index (χ3n) is 6.35. The molecule has 0 radical (unpaired) electrons. The van der Waals surface area contributed by atoms with E-state index in [2.05, 4.69) is 34.1 Å². The molecule has 0 unspecified atom stereocenters. The lowest BCUT2D eigenvalue weighted by molar-refractivity contribution is -0.124. The number of aryl methyl sites for hydroxylation is 1. The van der Waals surface area contributed by atoms with Crippen LogP contribution in [0.4, 0.5) is 11.5 Å². The van der Waals surface area contributed by atoms with Crippen LogP contribution in [-0.4, -0.2) is 53.8 Å². The largest absolute Gasteiger partial charge is 0.353 e. The number of nitrogens with zero attached hydrogens (tertiary/aromatic N) is 4. The minimum absolute atomic E-state index is 0.175. The van der Waals surface area contributed by atoms with Gasteiger partial charge in [-0.3, -0.25) is 19.4 Å². The molecule has 166 valence electrons. The van der Waals surface area contributed by atoms with E-state index in [9.17, 15) is 9.59 Å². The second-order valence-electron chi connectivity index (χ2n) is 8.43. The van der Waals surface area contributed by atoms with Gasteiger partial charge >= 0.3 is 0 Å². The van der Waals surface area contributed by atoms with Gasteiger partial charge in [0.1, 0.15) is 5.82 Å². The highest BCUT2D eigenvalue weighted by atomic mass is 35.5. The zero-order valence-electron chi connectivity index (χ0n) is 18.0. The molecule has 1 fully saturated rings. The van der Waals surface area contributed by atoms with Crippen LogP contribution in [0.25, 0.3) is 10.1 Å². The molecule has 2 aliphatic rings. The maximum absolute atomic E-state index is 12.1. The molecule has 3 heterocycles. The van der Waals surface area contributed by atoms with Crippen molar-refractivity contribution in [3.63, 3.8) is 0 Å². The number of carbonyl (C=O) groups excluding carboxylic acids is 2. The number of rotatable bonds is 5. The summed E-state index contributed by atoms with van der Waals surface area (Å²) in [6.45, 7) is 6.42. The molecule has 32 heavy (non-hydrogen) atoms. The van der Waals surface area contributed by atoms with Crippen LogP contribution in [-0.2, 0) is 22.4 Å². The molecule has 0 saturated carbocycles. The van der Waals surface area contributed by atoms with E-state index in [1.165, 1.54) is 21.9 Å². The first-order chi connectivity index (χ1) is 15.5. The molecule has 0 spiro atoms. The van der Waals surface area contributed by atoms with Crippen molar-refractivity contribution in [1.82, 2.24) is 9.27 Å². The number of anilines is 2. The number of benzene rings is 2. The van der Waals surface area contributed by atoms with E-state index < -0.39 is 0 Å². The molecule has 1 aromatic heterocycles. The topological polar surface area (TPSA) is 56.8 Å². The maximum Gasteiger partial charge on any atom is 0.238 e. The Morgan fingerprint density at radius 1 is 1.16 bits per heavy atom. The Labute approximate surface area is 196 Å². The van der Waals surface area contributed by atoms with Crippen molar-refractivity contribution in [3.8, 4) is 0 Å². The van der Waals surface area contributed by atoms with Crippen LogP contribution in [0.1, 0.15) is 24.5 Å². The average molecular weight is 469 g/mol. The molecule has 2 aliphatic heterocycles. The molecular weight excluding hydrogens is 444 g/mol. The number of hydrogen-bond acceptors (Lipinski definition) is 6. The van der Waals surface area contributed by atoms with Gasteiger partial charge in [0.2, 0.25) is 11.8 Å². The molecule has 2 amide bonds. The molecule has 2 aromatic carbocycles. The Bertz CT molecular complexity index is 1190. The molecule has 3 aromatic rings. The van der Waals surface area contributed by atoms with Gasteiger partial charge in [-0.05, 0) is 60.2 Å². The Kier molecular flexibility index (Phi) is 5.88. The third-order valence-corrected chi connectivity index (χ3v) is 7.51. The standard InChI is InChI=1S/C24H25ClN4O2S/c1-16(30)29-21-15-20(25)17(13-18(21)14-23(29)31)5-4-8-27-9-11-28(12-10-27)24-19-6-2-3-7-22(19)32-26-24/h2-3,6-7,13,15H,4-5,8-12,14H2,1H3. The highest BCUT2D eigenvalue weighted by Gasteiger charge is 2.31. The summed E-state index contributed by atoms with van der Waals surface area (Å²) >= 11 is 8.07. The van der Waals surface area contributed by atoms with Gasteiger partial charge in [0, 0.05) is 43.5 Å². The van der Waals surface area contributed by atoms with Gasteiger partial charge in [-0.1, -0.05) is 29.8 Å². The van der Waals surface area contributed by atoms with E-state index in [0.29, 0.717) is 10.7 Å². The van der Waals surface area contributed by atoms with Crippen molar-refractivity contribution in [2.24, 2.45) is 0 Å². The lowest BCUT2D eigenvalue weighted by Gasteiger charge is -2.35. The lowest BCUT2D eigenvalue weighted by atomic mass is 10.0. The predicted molar refractivity (Wildman–Crippen MR) is 130 cm³/mol. The Balaban J connectivity index is 1.16. The van der Waals surface area contributed by atoms with Gasteiger partial charge in [0.15, 0.2) is 0 Å². The molecule has 0 atom stereocenters. The minimum Gasteiger partial charge on any atom is -0.353 e. The van der Waals surface area contributed by atoms with E-state index in [1.807, 2.05) is 6.07 Å². The Morgan fingerprint density at radius 2 is 1.94 bits per heavy atom. The Morgan fingerprint density at radius 3 is 2.72 bits per heavy atom. The number of imide groups is 1. The first-order valence-electron chi connectivity index (χ1n) is 11.0. The average Bonchev–Trinajstić information content (AvgIpc) is 3.34. The summed E-state index contributed by atoms with van der Waals surface area (Å²) in [5, 5.41) is 1.88. The zero-order valence-corrected chi connectivity index (χ0v) is 19.6. The molecule has 6 nitrogen and oxygen atoms in total. The summed E-state index contributed by atoms with van der Waals surface area (Å²) < 4.78 is 5.93. The normalized spacial score (nSPS) is 16.8. The zero-order chi connectivity index (χ0) is 22.2. The third kappa shape index (κ3) is 4.00. The second kappa shape index (κ2) is 8.81. The summed E-state index contributed by atoms with van der Waals surface area (Å²) in [6, 6.07) is 12.2.